The van der Waals surface area contributed by atoms with E-state index in [0.717, 1.165) is 33.4 Å². The Labute approximate surface area is 196 Å². The van der Waals surface area contributed by atoms with Gasteiger partial charge in [-0.2, -0.15) is 0 Å². The zero-order chi connectivity index (χ0) is 23.9. The molecule has 0 saturated heterocycles. The van der Waals surface area contributed by atoms with Crippen LogP contribution in [-0.2, 0) is 11.2 Å². The first-order valence-corrected chi connectivity index (χ1v) is 10.9. The van der Waals surface area contributed by atoms with Gasteiger partial charge in [0.1, 0.15) is 5.82 Å². The monoisotopic (exact) mass is 456 g/mol. The van der Waals surface area contributed by atoms with Crippen LogP contribution in [-0.4, -0.2) is 33.4 Å². The van der Waals surface area contributed by atoms with Gasteiger partial charge in [0.2, 0.25) is 11.9 Å². The number of aromatic amines is 1. The molecule has 0 atom stereocenters. The Bertz CT molecular complexity index is 1340. The van der Waals surface area contributed by atoms with Crippen molar-refractivity contribution < 1.29 is 9.18 Å². The molecule has 7 nitrogen and oxygen atoms in total. The summed E-state index contributed by atoms with van der Waals surface area (Å²) in [6.07, 6.45) is 5.57. The van der Waals surface area contributed by atoms with E-state index in [1.165, 1.54) is 18.2 Å². The van der Waals surface area contributed by atoms with Crippen LogP contribution in [0.25, 0.3) is 17.0 Å². The van der Waals surface area contributed by atoms with Crippen LogP contribution in [0.5, 0.6) is 0 Å². The fourth-order valence-electron chi connectivity index (χ4n) is 3.54. The predicted molar refractivity (Wildman–Crippen MR) is 133 cm³/mol. The molecule has 2 aromatic heterocycles. The molecule has 1 amide bonds. The molecular weight excluding hydrogens is 431 g/mol. The summed E-state index contributed by atoms with van der Waals surface area (Å²) >= 11 is 0. The van der Waals surface area contributed by atoms with Gasteiger partial charge in [-0.3, -0.25) is 20.4 Å². The van der Waals surface area contributed by atoms with E-state index in [9.17, 15) is 9.18 Å². The highest BCUT2D eigenvalue weighted by Crippen LogP contribution is 2.19. The second-order valence-corrected chi connectivity index (χ2v) is 7.82. The van der Waals surface area contributed by atoms with E-state index in [4.69, 9.17) is 0 Å². The van der Waals surface area contributed by atoms with Crippen molar-refractivity contribution in [1.82, 2.24) is 20.3 Å². The Morgan fingerprint density at radius 3 is 2.62 bits per heavy atom. The third kappa shape index (κ3) is 6.13. The fraction of sp³-hybridized carbons (Fsp3) is 0.154. The molecule has 0 unspecified atom stereocenters. The standard InChI is InChI=1S/C26H25FN6O/c1-17-14-18(2)31-26(30-17)33-25(32-24(34)11-8-19-6-4-3-5-7-19)28-13-12-20-16-29-23-10-9-21(27)15-22(20)23/h3-11,14-16,29H,12-13H2,1-2H3,(H2,28,30,31,32,33,34)/b11-8+. The fourth-order valence-corrected chi connectivity index (χ4v) is 3.54. The van der Waals surface area contributed by atoms with Gasteiger partial charge in [0.15, 0.2) is 0 Å². The number of anilines is 1. The molecule has 34 heavy (non-hydrogen) atoms. The Kier molecular flexibility index (Phi) is 7.07. The number of guanidine groups is 1. The molecule has 0 aliphatic heterocycles. The van der Waals surface area contributed by atoms with E-state index in [0.29, 0.717) is 18.9 Å². The SMILES string of the molecule is Cc1cc(C)nc(NC(=NCCc2c[nH]c3ccc(F)cc23)NC(=O)/C=C/c2ccccc2)n1. The van der Waals surface area contributed by atoms with Gasteiger partial charge in [-0.1, -0.05) is 30.3 Å². The number of benzene rings is 2. The Morgan fingerprint density at radius 1 is 1.09 bits per heavy atom. The number of H-pyrrole nitrogens is 1. The van der Waals surface area contributed by atoms with Crippen LogP contribution >= 0.6 is 0 Å². The van der Waals surface area contributed by atoms with Crippen molar-refractivity contribution in [3.63, 3.8) is 0 Å². The zero-order valence-corrected chi connectivity index (χ0v) is 19.0. The second kappa shape index (κ2) is 10.5. The maximum atomic E-state index is 13.7. The van der Waals surface area contributed by atoms with Crippen molar-refractivity contribution in [2.24, 2.45) is 4.99 Å². The average Bonchev–Trinajstić information content (AvgIpc) is 3.19. The summed E-state index contributed by atoms with van der Waals surface area (Å²) in [5, 5.41) is 6.59. The number of amides is 1. The number of nitrogens with zero attached hydrogens (tertiary/aromatic N) is 3. The number of aromatic nitrogens is 3. The normalized spacial score (nSPS) is 11.8. The third-order valence-electron chi connectivity index (χ3n) is 5.06. The van der Waals surface area contributed by atoms with Gasteiger partial charge < -0.3 is 4.98 Å². The van der Waals surface area contributed by atoms with Crippen LogP contribution in [0, 0.1) is 19.7 Å². The molecule has 0 radical (unpaired) electrons. The summed E-state index contributed by atoms with van der Waals surface area (Å²) in [5.41, 5.74) is 4.31. The second-order valence-electron chi connectivity index (χ2n) is 7.82. The lowest BCUT2D eigenvalue weighted by Crippen LogP contribution is -2.35. The molecule has 0 spiro atoms. The van der Waals surface area contributed by atoms with Crippen LogP contribution in [0.2, 0.25) is 0 Å². The lowest BCUT2D eigenvalue weighted by atomic mass is 10.1. The lowest BCUT2D eigenvalue weighted by molar-refractivity contribution is -0.115. The highest BCUT2D eigenvalue weighted by Gasteiger charge is 2.09. The van der Waals surface area contributed by atoms with E-state index < -0.39 is 0 Å². The van der Waals surface area contributed by atoms with Crippen molar-refractivity contribution in [3.05, 3.63) is 95.2 Å². The number of hydrogen-bond acceptors (Lipinski definition) is 4. The van der Waals surface area contributed by atoms with Gasteiger partial charge in [-0.05, 0) is 61.7 Å². The van der Waals surface area contributed by atoms with Gasteiger partial charge in [-0.25, -0.2) is 14.4 Å². The molecule has 0 aliphatic carbocycles. The minimum absolute atomic E-state index is 0.235. The molecule has 0 aliphatic rings. The molecule has 4 aromatic rings. The van der Waals surface area contributed by atoms with Gasteiger partial charge in [0, 0.05) is 41.1 Å². The van der Waals surface area contributed by atoms with E-state index in [2.05, 4.69) is 30.6 Å². The maximum absolute atomic E-state index is 13.7. The summed E-state index contributed by atoms with van der Waals surface area (Å²) in [5.74, 6) is -0.0474. The number of rotatable bonds is 6. The third-order valence-corrected chi connectivity index (χ3v) is 5.06. The molecule has 0 fully saturated rings. The van der Waals surface area contributed by atoms with Gasteiger partial charge in [0.05, 0.1) is 0 Å². The summed E-state index contributed by atoms with van der Waals surface area (Å²) < 4.78 is 13.7. The molecule has 2 aromatic carbocycles. The summed E-state index contributed by atoms with van der Waals surface area (Å²) in [4.78, 5) is 28.9. The predicted octanol–water partition coefficient (Wildman–Crippen LogP) is 4.55. The van der Waals surface area contributed by atoms with Gasteiger partial charge in [-0.15, -0.1) is 0 Å². The summed E-state index contributed by atoms with van der Waals surface area (Å²) in [6.45, 7) is 4.10. The smallest absolute Gasteiger partial charge is 0.250 e. The Balaban J connectivity index is 1.50. The highest BCUT2D eigenvalue weighted by molar-refractivity contribution is 6.08. The summed E-state index contributed by atoms with van der Waals surface area (Å²) in [7, 11) is 0. The van der Waals surface area contributed by atoms with Crippen LogP contribution in [0.3, 0.4) is 0 Å². The van der Waals surface area contributed by atoms with Crippen molar-refractivity contribution in [3.8, 4) is 0 Å². The Hall–Kier alpha value is -4.33. The van der Waals surface area contributed by atoms with Crippen LogP contribution in [0.4, 0.5) is 10.3 Å². The molecule has 4 rings (SSSR count). The number of hydrogen-bond donors (Lipinski definition) is 3. The van der Waals surface area contributed by atoms with Gasteiger partial charge in [0.25, 0.3) is 5.91 Å². The number of fused-ring (bicyclic) bond motifs is 1. The average molecular weight is 457 g/mol. The zero-order valence-electron chi connectivity index (χ0n) is 19.0. The molecule has 0 bridgehead atoms. The lowest BCUT2D eigenvalue weighted by Gasteiger charge is -2.10. The minimum atomic E-state index is -0.339. The molecule has 0 saturated carbocycles. The van der Waals surface area contributed by atoms with E-state index in [1.54, 1.807) is 12.1 Å². The van der Waals surface area contributed by atoms with Crippen molar-refractivity contribution in [1.29, 1.82) is 0 Å². The van der Waals surface area contributed by atoms with Crippen LogP contribution in [0.1, 0.15) is 22.5 Å². The van der Waals surface area contributed by atoms with Crippen molar-refractivity contribution in [2.45, 2.75) is 20.3 Å². The van der Waals surface area contributed by atoms with Crippen LogP contribution < -0.4 is 10.6 Å². The highest BCUT2D eigenvalue weighted by atomic mass is 19.1. The van der Waals surface area contributed by atoms with E-state index >= 15 is 0 Å². The van der Waals surface area contributed by atoms with Crippen molar-refractivity contribution >= 4 is 34.8 Å². The Morgan fingerprint density at radius 2 is 1.85 bits per heavy atom. The van der Waals surface area contributed by atoms with E-state index in [1.807, 2.05) is 56.4 Å². The molecule has 3 N–H and O–H groups in total. The van der Waals surface area contributed by atoms with Crippen molar-refractivity contribution in [2.75, 3.05) is 11.9 Å². The van der Waals surface area contributed by atoms with Crippen LogP contribution in [0.15, 0.2) is 71.9 Å². The quantitative estimate of drug-likeness (QED) is 0.225. The number of carbonyl (C=O) groups excluding carboxylic acids is 1. The molecule has 8 heteroatoms. The topological polar surface area (TPSA) is 95.1 Å². The number of aryl methyl sites for hydroxylation is 2. The first kappa shape index (κ1) is 22.8. The first-order valence-electron chi connectivity index (χ1n) is 10.9. The number of nitrogens with one attached hydrogen (secondary N) is 3. The molecule has 2 heterocycles. The number of aliphatic imine (C=N–C) groups is 1. The number of carbonyl (C=O) groups is 1. The van der Waals surface area contributed by atoms with Gasteiger partial charge >= 0.3 is 0 Å². The largest absolute Gasteiger partial charge is 0.361 e. The van der Waals surface area contributed by atoms with E-state index in [-0.39, 0.29) is 17.7 Å². The minimum Gasteiger partial charge on any atom is -0.361 e. The molecule has 172 valence electrons. The maximum Gasteiger partial charge on any atom is 0.250 e. The first-order chi connectivity index (χ1) is 16.5. The summed E-state index contributed by atoms with van der Waals surface area (Å²) in [6, 6.07) is 16.0. The number of halogens is 1. The molecular formula is C26H25FN6O.